The fourth-order valence-corrected chi connectivity index (χ4v) is 2.34. The average molecular weight is 196 g/mol. The van der Waals surface area contributed by atoms with Gasteiger partial charge in [0.1, 0.15) is 11.4 Å². The number of carbonyl (C=O) groups is 2. The number of hydrogen-bond acceptors (Lipinski definition) is 3. The van der Waals surface area contributed by atoms with E-state index >= 15 is 0 Å². The summed E-state index contributed by atoms with van der Waals surface area (Å²) >= 11 is 0. The summed E-state index contributed by atoms with van der Waals surface area (Å²) in [6, 6.07) is 0. The van der Waals surface area contributed by atoms with Gasteiger partial charge in [-0.3, -0.25) is 9.59 Å². The Kier molecular flexibility index (Phi) is 1.95. The molecule has 2 aliphatic carbocycles. The van der Waals surface area contributed by atoms with E-state index in [1.165, 1.54) is 0 Å². The quantitative estimate of drug-likeness (QED) is 0.598. The van der Waals surface area contributed by atoms with Gasteiger partial charge in [-0.2, -0.15) is 0 Å². The minimum atomic E-state index is -0.434. The van der Waals surface area contributed by atoms with Crippen molar-refractivity contribution in [2.24, 2.45) is 17.8 Å². The maximum atomic E-state index is 11.6. The van der Waals surface area contributed by atoms with Gasteiger partial charge in [0.05, 0.1) is 5.92 Å². The molecule has 2 saturated carbocycles. The zero-order valence-electron chi connectivity index (χ0n) is 8.87. The molecule has 0 bridgehead atoms. The Balaban J connectivity index is 1.94. The highest BCUT2D eigenvalue weighted by molar-refractivity contribution is 5.94. The first-order chi connectivity index (χ1) is 6.40. The molecule has 0 N–H and O–H groups in total. The number of Topliss-reactive ketones (excluding diaryl/α,β-unsaturated/α-hetero) is 1. The Morgan fingerprint density at radius 3 is 2.50 bits per heavy atom. The fraction of sp³-hybridized carbons (Fsp3) is 0.818. The van der Waals surface area contributed by atoms with E-state index in [1.807, 2.05) is 20.8 Å². The topological polar surface area (TPSA) is 43.4 Å². The van der Waals surface area contributed by atoms with E-state index in [0.717, 1.165) is 6.42 Å². The van der Waals surface area contributed by atoms with Gasteiger partial charge in [-0.25, -0.2) is 0 Å². The van der Waals surface area contributed by atoms with Gasteiger partial charge in [0.25, 0.3) is 0 Å². The zero-order valence-corrected chi connectivity index (χ0v) is 8.87. The van der Waals surface area contributed by atoms with Crippen LogP contribution in [-0.2, 0) is 14.3 Å². The summed E-state index contributed by atoms with van der Waals surface area (Å²) < 4.78 is 5.26. The molecule has 2 aliphatic rings. The number of rotatable bonds is 1. The van der Waals surface area contributed by atoms with Gasteiger partial charge in [-0.15, -0.1) is 0 Å². The van der Waals surface area contributed by atoms with Gasteiger partial charge in [0.2, 0.25) is 0 Å². The molecule has 2 fully saturated rings. The van der Waals surface area contributed by atoms with Crippen molar-refractivity contribution < 1.29 is 14.3 Å². The molecular weight excluding hydrogens is 180 g/mol. The molecule has 2 rings (SSSR count). The lowest BCUT2D eigenvalue weighted by atomic mass is 10.1. The maximum Gasteiger partial charge on any atom is 0.310 e. The monoisotopic (exact) mass is 196 g/mol. The number of carbonyl (C=O) groups excluding carboxylic acids is 2. The third-order valence-corrected chi connectivity index (χ3v) is 2.94. The van der Waals surface area contributed by atoms with Crippen molar-refractivity contribution in [3.63, 3.8) is 0 Å². The van der Waals surface area contributed by atoms with Crippen LogP contribution in [0.3, 0.4) is 0 Å². The van der Waals surface area contributed by atoms with Crippen molar-refractivity contribution in [3.05, 3.63) is 0 Å². The van der Waals surface area contributed by atoms with Crippen molar-refractivity contribution in [3.8, 4) is 0 Å². The van der Waals surface area contributed by atoms with Crippen LogP contribution in [0.5, 0.6) is 0 Å². The van der Waals surface area contributed by atoms with Gasteiger partial charge in [-0.1, -0.05) is 0 Å². The number of esters is 1. The summed E-state index contributed by atoms with van der Waals surface area (Å²) in [5, 5.41) is 0. The van der Waals surface area contributed by atoms with E-state index in [4.69, 9.17) is 4.74 Å². The Labute approximate surface area is 83.8 Å². The molecule has 3 atom stereocenters. The van der Waals surface area contributed by atoms with Crippen molar-refractivity contribution in [2.45, 2.75) is 39.2 Å². The molecule has 0 aromatic heterocycles. The minimum Gasteiger partial charge on any atom is -0.460 e. The normalized spacial score (nSPS) is 35.4. The van der Waals surface area contributed by atoms with Crippen molar-refractivity contribution >= 4 is 11.8 Å². The molecule has 3 heteroatoms. The zero-order chi connectivity index (χ0) is 10.5. The molecule has 78 valence electrons. The Morgan fingerprint density at radius 2 is 2.07 bits per heavy atom. The van der Waals surface area contributed by atoms with Gasteiger partial charge in [0, 0.05) is 12.3 Å². The van der Waals surface area contributed by atoms with Crippen molar-refractivity contribution in [1.29, 1.82) is 0 Å². The van der Waals surface area contributed by atoms with E-state index < -0.39 is 5.60 Å². The molecule has 0 aromatic carbocycles. The minimum absolute atomic E-state index is 0.00449. The smallest absolute Gasteiger partial charge is 0.310 e. The van der Waals surface area contributed by atoms with Crippen LogP contribution in [0.2, 0.25) is 0 Å². The standard InChI is InChI=1S/C11H16O3/c1-11(2,3)14-10(13)9-6-4-5-7(12)8(6)9/h6,8-9H,4-5H2,1-3H3/t6-,8-,9-/m1/s1. The van der Waals surface area contributed by atoms with Crippen LogP contribution in [0, 0.1) is 17.8 Å². The summed E-state index contributed by atoms with van der Waals surface area (Å²) in [5.74, 6) is 0.268. The molecule has 0 saturated heterocycles. The summed E-state index contributed by atoms with van der Waals surface area (Å²) in [4.78, 5) is 22.9. The molecule has 0 unspecified atom stereocenters. The van der Waals surface area contributed by atoms with Gasteiger partial charge < -0.3 is 4.74 Å². The van der Waals surface area contributed by atoms with Crippen LogP contribution in [0.15, 0.2) is 0 Å². The number of fused-ring (bicyclic) bond motifs is 1. The largest absolute Gasteiger partial charge is 0.460 e. The number of ether oxygens (including phenoxy) is 1. The van der Waals surface area contributed by atoms with Gasteiger partial charge in [0.15, 0.2) is 0 Å². The van der Waals surface area contributed by atoms with Crippen LogP contribution in [0.1, 0.15) is 33.6 Å². The first-order valence-corrected chi connectivity index (χ1v) is 5.16. The average Bonchev–Trinajstić information content (AvgIpc) is 2.61. The molecule has 0 aromatic rings. The van der Waals surface area contributed by atoms with E-state index in [9.17, 15) is 9.59 Å². The summed E-state index contributed by atoms with van der Waals surface area (Å²) in [6.07, 6.45) is 1.54. The Bertz CT molecular complexity index is 287. The van der Waals surface area contributed by atoms with Crippen molar-refractivity contribution in [2.75, 3.05) is 0 Å². The Morgan fingerprint density at radius 1 is 1.43 bits per heavy atom. The Hall–Kier alpha value is -0.860. The highest BCUT2D eigenvalue weighted by Gasteiger charge is 2.62. The number of hydrogen-bond donors (Lipinski definition) is 0. The predicted octanol–water partition coefficient (Wildman–Crippen LogP) is 1.55. The van der Waals surface area contributed by atoms with Crippen LogP contribution in [0.4, 0.5) is 0 Å². The molecule has 3 nitrogen and oxygen atoms in total. The second-order valence-corrected chi connectivity index (χ2v) is 5.25. The van der Waals surface area contributed by atoms with Crippen LogP contribution in [0.25, 0.3) is 0 Å². The van der Waals surface area contributed by atoms with E-state index in [-0.39, 0.29) is 23.6 Å². The fourth-order valence-electron chi connectivity index (χ4n) is 2.34. The molecule has 0 heterocycles. The lowest BCUT2D eigenvalue weighted by Crippen LogP contribution is -2.26. The molecule has 0 aliphatic heterocycles. The molecular formula is C11H16O3. The first-order valence-electron chi connectivity index (χ1n) is 5.16. The molecule has 0 radical (unpaired) electrons. The van der Waals surface area contributed by atoms with E-state index in [2.05, 4.69) is 0 Å². The van der Waals surface area contributed by atoms with Gasteiger partial charge >= 0.3 is 5.97 Å². The summed E-state index contributed by atoms with van der Waals surface area (Å²) in [6.45, 7) is 5.56. The van der Waals surface area contributed by atoms with Crippen LogP contribution in [-0.4, -0.2) is 17.4 Å². The van der Waals surface area contributed by atoms with Crippen LogP contribution >= 0.6 is 0 Å². The summed E-state index contributed by atoms with van der Waals surface area (Å²) in [5.41, 5.74) is -0.434. The van der Waals surface area contributed by atoms with E-state index in [1.54, 1.807) is 0 Å². The van der Waals surface area contributed by atoms with Gasteiger partial charge in [-0.05, 0) is 33.1 Å². The number of ketones is 1. The maximum absolute atomic E-state index is 11.6. The lowest BCUT2D eigenvalue weighted by Gasteiger charge is -2.19. The predicted molar refractivity (Wildman–Crippen MR) is 50.6 cm³/mol. The lowest BCUT2D eigenvalue weighted by molar-refractivity contribution is -0.158. The molecule has 0 spiro atoms. The first kappa shape index (κ1) is 9.69. The second-order valence-electron chi connectivity index (χ2n) is 5.25. The van der Waals surface area contributed by atoms with E-state index in [0.29, 0.717) is 12.3 Å². The SMILES string of the molecule is CC(C)(C)OC(=O)[C@@H]1[C@@H]2CCC(=O)[C@@H]21. The molecule has 14 heavy (non-hydrogen) atoms. The second kappa shape index (κ2) is 2.81. The third-order valence-electron chi connectivity index (χ3n) is 2.94. The van der Waals surface area contributed by atoms with Crippen LogP contribution < -0.4 is 0 Å². The third kappa shape index (κ3) is 1.56. The highest BCUT2D eigenvalue weighted by atomic mass is 16.6. The summed E-state index contributed by atoms with van der Waals surface area (Å²) in [7, 11) is 0. The molecule has 0 amide bonds. The highest BCUT2D eigenvalue weighted by Crippen LogP contribution is 2.56. The van der Waals surface area contributed by atoms with Crippen molar-refractivity contribution in [1.82, 2.24) is 0 Å².